The minimum atomic E-state index is -2.97. The maximum atomic E-state index is 12.8. The van der Waals surface area contributed by atoms with E-state index in [0.29, 0.717) is 5.39 Å². The number of fused-ring (bicyclic) bond motifs is 1. The van der Waals surface area contributed by atoms with Gasteiger partial charge >= 0.3 is 7.47 Å². The van der Waals surface area contributed by atoms with Gasteiger partial charge in [-0.3, -0.25) is 0 Å². The molecule has 0 unspecified atom stereocenters. The Balaban J connectivity index is 2.08. The molecule has 0 amide bonds. The first-order valence-corrected chi connectivity index (χ1v) is 7.08. The average molecular weight is 310 g/mol. The minimum absolute atomic E-state index is 0.0252. The molecule has 0 radical (unpaired) electrons. The molecule has 2 aromatic carbocycles. The Labute approximate surface area is 132 Å². The second-order valence-electron chi connectivity index (χ2n) is 4.98. The van der Waals surface area contributed by atoms with E-state index in [2.05, 4.69) is 4.65 Å². The SMILES string of the molecule is OC(=CC=C1C=CC=C1)c1ccc2ccccc2c1OB(F)F. The zero-order chi connectivity index (χ0) is 16.2. The third-order valence-electron chi connectivity index (χ3n) is 3.48. The quantitative estimate of drug-likeness (QED) is 0.629. The number of benzene rings is 2. The van der Waals surface area contributed by atoms with E-state index < -0.39 is 7.47 Å². The normalized spacial score (nSPS) is 13.7. The van der Waals surface area contributed by atoms with Gasteiger partial charge in [0.25, 0.3) is 0 Å². The lowest BCUT2D eigenvalue weighted by Gasteiger charge is -2.12. The summed E-state index contributed by atoms with van der Waals surface area (Å²) in [5, 5.41) is 11.6. The van der Waals surface area contributed by atoms with Crippen LogP contribution in [-0.4, -0.2) is 12.6 Å². The number of hydrogen-bond acceptors (Lipinski definition) is 2. The van der Waals surface area contributed by atoms with Crippen LogP contribution in [0.2, 0.25) is 0 Å². The van der Waals surface area contributed by atoms with Gasteiger partial charge in [-0.1, -0.05) is 60.7 Å². The van der Waals surface area contributed by atoms with Crippen LogP contribution in [0.25, 0.3) is 16.5 Å². The molecule has 0 bridgehead atoms. The van der Waals surface area contributed by atoms with E-state index in [9.17, 15) is 13.7 Å². The van der Waals surface area contributed by atoms with Gasteiger partial charge in [-0.15, -0.1) is 0 Å². The molecule has 5 heteroatoms. The van der Waals surface area contributed by atoms with Gasteiger partial charge in [-0.05, 0) is 23.1 Å². The Morgan fingerprint density at radius 3 is 2.52 bits per heavy atom. The second kappa shape index (κ2) is 6.52. The van der Waals surface area contributed by atoms with Crippen LogP contribution in [0.15, 0.2) is 78.4 Å². The predicted molar refractivity (Wildman–Crippen MR) is 89.5 cm³/mol. The standard InChI is InChI=1S/C18H13BF2O2/c20-19(21)23-18-15-8-4-3-7-14(15)10-11-16(18)17(22)12-9-13-5-1-2-6-13/h1-12,22H. The number of rotatable bonds is 4. The van der Waals surface area contributed by atoms with E-state index in [1.807, 2.05) is 30.4 Å². The van der Waals surface area contributed by atoms with Crippen LogP contribution in [-0.2, 0) is 0 Å². The van der Waals surface area contributed by atoms with Crippen LogP contribution in [0, 0.1) is 0 Å². The number of allylic oxidation sites excluding steroid dienone is 7. The zero-order valence-electron chi connectivity index (χ0n) is 12.1. The Hall–Kier alpha value is -2.82. The van der Waals surface area contributed by atoms with E-state index in [4.69, 9.17) is 0 Å². The molecule has 0 saturated carbocycles. The average Bonchev–Trinajstić information content (AvgIpc) is 3.06. The molecule has 0 spiro atoms. The van der Waals surface area contributed by atoms with Crippen molar-refractivity contribution < 1.29 is 18.4 Å². The number of aliphatic hydroxyl groups is 1. The Morgan fingerprint density at radius 2 is 1.78 bits per heavy atom. The van der Waals surface area contributed by atoms with Crippen molar-refractivity contribution in [3.63, 3.8) is 0 Å². The van der Waals surface area contributed by atoms with Crippen LogP contribution >= 0.6 is 0 Å². The summed E-state index contributed by atoms with van der Waals surface area (Å²) in [6.07, 6.45) is 10.7. The predicted octanol–water partition coefficient (Wildman–Crippen LogP) is 5.09. The summed E-state index contributed by atoms with van der Waals surface area (Å²) in [5.74, 6) is -0.157. The first-order chi connectivity index (χ1) is 11.1. The fourth-order valence-corrected chi connectivity index (χ4v) is 2.43. The highest BCUT2D eigenvalue weighted by Gasteiger charge is 2.22. The van der Waals surface area contributed by atoms with Crippen LogP contribution in [0.3, 0.4) is 0 Å². The Kier molecular flexibility index (Phi) is 4.28. The molecule has 0 heterocycles. The van der Waals surface area contributed by atoms with Crippen molar-refractivity contribution in [3.8, 4) is 5.75 Å². The summed E-state index contributed by atoms with van der Waals surface area (Å²) >= 11 is 0. The molecule has 3 rings (SSSR count). The third-order valence-corrected chi connectivity index (χ3v) is 3.48. The largest absolute Gasteiger partial charge is 0.796 e. The molecule has 1 aliphatic carbocycles. The molecule has 2 nitrogen and oxygen atoms in total. The lowest BCUT2D eigenvalue weighted by Crippen LogP contribution is -2.10. The maximum absolute atomic E-state index is 12.8. The van der Waals surface area contributed by atoms with Gasteiger partial charge in [-0.2, -0.15) is 0 Å². The smallest absolute Gasteiger partial charge is 0.507 e. The molecule has 2 aromatic rings. The van der Waals surface area contributed by atoms with Crippen molar-refractivity contribution in [3.05, 3.63) is 84.0 Å². The van der Waals surface area contributed by atoms with Crippen molar-refractivity contribution in [1.29, 1.82) is 0 Å². The summed E-state index contributed by atoms with van der Waals surface area (Å²) in [4.78, 5) is 0. The summed E-state index contributed by atoms with van der Waals surface area (Å²) in [5.41, 5.74) is 1.14. The maximum Gasteiger partial charge on any atom is 0.796 e. The van der Waals surface area contributed by atoms with E-state index in [1.54, 1.807) is 36.4 Å². The lowest BCUT2D eigenvalue weighted by molar-refractivity contribution is 0.425. The van der Waals surface area contributed by atoms with E-state index >= 15 is 0 Å². The molecule has 1 aliphatic rings. The van der Waals surface area contributed by atoms with Crippen LogP contribution < -0.4 is 4.65 Å². The molecule has 114 valence electrons. The van der Waals surface area contributed by atoms with Gasteiger partial charge in [0.15, 0.2) is 0 Å². The van der Waals surface area contributed by atoms with Crippen LogP contribution in [0.4, 0.5) is 8.63 Å². The van der Waals surface area contributed by atoms with Gasteiger partial charge in [0.2, 0.25) is 0 Å². The van der Waals surface area contributed by atoms with E-state index in [1.165, 1.54) is 6.08 Å². The lowest BCUT2D eigenvalue weighted by atomic mass is 10.0. The van der Waals surface area contributed by atoms with Gasteiger partial charge < -0.3 is 9.76 Å². The molecular formula is C18H13BF2O2. The molecule has 0 aliphatic heterocycles. The summed E-state index contributed by atoms with van der Waals surface area (Å²) in [7, 11) is -2.97. The highest BCUT2D eigenvalue weighted by Crippen LogP contribution is 2.34. The molecule has 23 heavy (non-hydrogen) atoms. The molecular weight excluding hydrogens is 297 g/mol. The highest BCUT2D eigenvalue weighted by atomic mass is 19.2. The molecule has 0 fully saturated rings. The first kappa shape index (κ1) is 15.1. The van der Waals surface area contributed by atoms with Gasteiger partial charge in [-0.25, -0.2) is 8.63 Å². The number of aliphatic hydroxyl groups excluding tert-OH is 1. The van der Waals surface area contributed by atoms with Crippen molar-refractivity contribution in [1.82, 2.24) is 0 Å². The topological polar surface area (TPSA) is 29.5 Å². The van der Waals surface area contributed by atoms with Crippen molar-refractivity contribution in [2.24, 2.45) is 0 Å². The van der Waals surface area contributed by atoms with Gasteiger partial charge in [0, 0.05) is 5.39 Å². The highest BCUT2D eigenvalue weighted by molar-refractivity contribution is 6.36. The summed E-state index contributed by atoms with van der Waals surface area (Å²) in [6.45, 7) is 0. The number of halogens is 2. The van der Waals surface area contributed by atoms with Gasteiger partial charge in [0.05, 0.1) is 5.56 Å². The Morgan fingerprint density at radius 1 is 1.04 bits per heavy atom. The van der Waals surface area contributed by atoms with Crippen LogP contribution in [0.5, 0.6) is 5.75 Å². The fourth-order valence-electron chi connectivity index (χ4n) is 2.43. The molecule has 1 N–H and O–H groups in total. The zero-order valence-corrected chi connectivity index (χ0v) is 12.1. The summed E-state index contributed by atoms with van der Waals surface area (Å²) < 4.78 is 30.2. The van der Waals surface area contributed by atoms with Gasteiger partial charge in [0.1, 0.15) is 11.5 Å². The number of hydrogen-bond donors (Lipinski definition) is 1. The van der Waals surface area contributed by atoms with Crippen LogP contribution in [0.1, 0.15) is 5.56 Å². The third kappa shape index (κ3) is 3.34. The minimum Gasteiger partial charge on any atom is -0.507 e. The summed E-state index contributed by atoms with van der Waals surface area (Å²) in [6, 6.07) is 10.4. The first-order valence-electron chi connectivity index (χ1n) is 7.08. The van der Waals surface area contributed by atoms with E-state index in [0.717, 1.165) is 11.0 Å². The van der Waals surface area contributed by atoms with Crippen molar-refractivity contribution in [2.75, 3.05) is 0 Å². The monoisotopic (exact) mass is 310 g/mol. The van der Waals surface area contributed by atoms with Crippen molar-refractivity contribution >= 4 is 24.0 Å². The molecule has 0 aromatic heterocycles. The molecule has 0 saturated heterocycles. The fraction of sp³-hybridized carbons (Fsp3) is 0. The van der Waals surface area contributed by atoms with Crippen molar-refractivity contribution in [2.45, 2.75) is 0 Å². The second-order valence-corrected chi connectivity index (χ2v) is 4.98. The molecule has 0 atom stereocenters. The van der Waals surface area contributed by atoms with E-state index in [-0.39, 0.29) is 17.1 Å². The Bertz CT molecular complexity index is 837.